The Morgan fingerprint density at radius 3 is 2.09 bits per heavy atom. The Bertz CT molecular complexity index is 220. The van der Waals surface area contributed by atoms with E-state index in [1.165, 1.54) is 12.1 Å². The average molecular weight is 152 g/mol. The molecule has 0 fully saturated rings. The number of aromatic hydroxyl groups is 1. The van der Waals surface area contributed by atoms with Gasteiger partial charge in [-0.25, -0.2) is 0 Å². The van der Waals surface area contributed by atoms with E-state index in [0.29, 0.717) is 0 Å². The van der Waals surface area contributed by atoms with Crippen molar-refractivity contribution in [2.45, 2.75) is 6.32 Å². The molecule has 0 aliphatic carbocycles. The Balaban J connectivity index is 2.66. The molecule has 4 heteroatoms. The summed E-state index contributed by atoms with van der Waals surface area (Å²) in [6.07, 6.45) is 0.195. The Kier molecular flexibility index (Phi) is 2.51. The molecule has 0 spiro atoms. The molecule has 0 saturated carbocycles. The molecule has 0 radical (unpaired) electrons. The second-order valence-electron chi connectivity index (χ2n) is 2.35. The van der Waals surface area contributed by atoms with E-state index in [4.69, 9.17) is 15.2 Å². The van der Waals surface area contributed by atoms with Gasteiger partial charge in [0, 0.05) is 6.32 Å². The Morgan fingerprint density at radius 1 is 1.09 bits per heavy atom. The van der Waals surface area contributed by atoms with Crippen molar-refractivity contribution < 1.29 is 15.2 Å². The molecule has 0 saturated heterocycles. The average Bonchev–Trinajstić information content (AvgIpc) is 1.93. The van der Waals surface area contributed by atoms with Crippen LogP contribution in [0.1, 0.15) is 5.56 Å². The van der Waals surface area contributed by atoms with E-state index in [1.807, 2.05) is 0 Å². The van der Waals surface area contributed by atoms with Crippen molar-refractivity contribution in [3.8, 4) is 5.75 Å². The highest BCUT2D eigenvalue weighted by atomic mass is 16.4. The van der Waals surface area contributed by atoms with Crippen LogP contribution in [0, 0.1) is 0 Å². The fraction of sp³-hybridized carbons (Fsp3) is 0.143. The number of rotatable bonds is 2. The lowest BCUT2D eigenvalue weighted by Crippen LogP contribution is -2.14. The lowest BCUT2D eigenvalue weighted by Gasteiger charge is -1.98. The number of phenolic OH excluding ortho intramolecular Hbond substituents is 1. The molecule has 0 bridgehead atoms. The Labute approximate surface area is 65.1 Å². The summed E-state index contributed by atoms with van der Waals surface area (Å²) in [7, 11) is -1.32. The van der Waals surface area contributed by atoms with Crippen LogP contribution in [0.3, 0.4) is 0 Å². The van der Waals surface area contributed by atoms with Gasteiger partial charge in [0.05, 0.1) is 0 Å². The van der Waals surface area contributed by atoms with Crippen LogP contribution in [-0.4, -0.2) is 22.3 Å². The molecule has 3 nitrogen and oxygen atoms in total. The number of hydrogen-bond donors (Lipinski definition) is 3. The van der Waals surface area contributed by atoms with E-state index >= 15 is 0 Å². The summed E-state index contributed by atoms with van der Waals surface area (Å²) in [4.78, 5) is 0. The van der Waals surface area contributed by atoms with E-state index < -0.39 is 7.12 Å². The molecule has 0 aromatic heterocycles. The third-order valence-corrected chi connectivity index (χ3v) is 1.35. The van der Waals surface area contributed by atoms with Gasteiger partial charge in [0.25, 0.3) is 0 Å². The van der Waals surface area contributed by atoms with Crippen LogP contribution in [0.15, 0.2) is 24.3 Å². The third-order valence-electron chi connectivity index (χ3n) is 1.35. The smallest absolute Gasteiger partial charge is 0.456 e. The third kappa shape index (κ3) is 2.61. The molecular formula is C7H9BO3. The van der Waals surface area contributed by atoms with Crippen molar-refractivity contribution in [3.05, 3.63) is 29.8 Å². The van der Waals surface area contributed by atoms with Gasteiger partial charge < -0.3 is 15.2 Å². The van der Waals surface area contributed by atoms with Gasteiger partial charge in [-0.3, -0.25) is 0 Å². The molecular weight excluding hydrogens is 143 g/mol. The van der Waals surface area contributed by atoms with E-state index in [0.717, 1.165) is 5.56 Å². The fourth-order valence-corrected chi connectivity index (χ4v) is 0.843. The predicted molar refractivity (Wildman–Crippen MR) is 42.0 cm³/mol. The minimum atomic E-state index is -1.32. The van der Waals surface area contributed by atoms with Gasteiger partial charge in [-0.15, -0.1) is 0 Å². The van der Waals surface area contributed by atoms with Crippen LogP contribution in [0.25, 0.3) is 0 Å². The molecule has 0 aliphatic heterocycles. The number of benzene rings is 1. The number of phenols is 1. The van der Waals surface area contributed by atoms with Crippen molar-refractivity contribution in [1.29, 1.82) is 0 Å². The molecule has 0 atom stereocenters. The molecule has 0 unspecified atom stereocenters. The second-order valence-corrected chi connectivity index (χ2v) is 2.35. The molecule has 3 N–H and O–H groups in total. The molecule has 0 heterocycles. The highest BCUT2D eigenvalue weighted by molar-refractivity contribution is 6.40. The maximum absolute atomic E-state index is 8.87. The lowest BCUT2D eigenvalue weighted by molar-refractivity contribution is 0.405. The molecule has 11 heavy (non-hydrogen) atoms. The maximum Gasteiger partial charge on any atom is 0.456 e. The Morgan fingerprint density at radius 2 is 1.64 bits per heavy atom. The van der Waals surface area contributed by atoms with Crippen LogP contribution in [0.5, 0.6) is 5.75 Å². The SMILES string of the molecule is OB(O)Cc1ccc(O)cc1. The molecule has 1 rings (SSSR count). The molecule has 58 valence electrons. The fourth-order valence-electron chi connectivity index (χ4n) is 0.843. The minimum Gasteiger partial charge on any atom is -0.508 e. The highest BCUT2D eigenvalue weighted by Crippen LogP contribution is 2.09. The summed E-state index contributed by atoms with van der Waals surface area (Å²) >= 11 is 0. The summed E-state index contributed by atoms with van der Waals surface area (Å²) in [5.41, 5.74) is 0.790. The first-order valence-corrected chi connectivity index (χ1v) is 3.32. The predicted octanol–water partition coefficient (Wildman–Crippen LogP) is -0.0533. The van der Waals surface area contributed by atoms with E-state index in [2.05, 4.69) is 0 Å². The molecule has 0 amide bonds. The van der Waals surface area contributed by atoms with Crippen LogP contribution in [0.2, 0.25) is 0 Å². The summed E-state index contributed by atoms with van der Waals surface area (Å²) in [6, 6.07) is 6.32. The second kappa shape index (κ2) is 3.41. The first-order chi connectivity index (χ1) is 5.18. The van der Waals surface area contributed by atoms with Crippen molar-refractivity contribution in [2.75, 3.05) is 0 Å². The normalized spacial score (nSPS) is 9.64. The van der Waals surface area contributed by atoms with Crippen molar-refractivity contribution in [3.63, 3.8) is 0 Å². The van der Waals surface area contributed by atoms with Crippen LogP contribution in [-0.2, 0) is 6.32 Å². The van der Waals surface area contributed by atoms with Crippen LogP contribution < -0.4 is 0 Å². The van der Waals surface area contributed by atoms with Gasteiger partial charge in [-0.2, -0.15) is 0 Å². The van der Waals surface area contributed by atoms with Crippen molar-refractivity contribution >= 4 is 7.12 Å². The highest BCUT2D eigenvalue weighted by Gasteiger charge is 2.06. The monoisotopic (exact) mass is 152 g/mol. The topological polar surface area (TPSA) is 60.7 Å². The van der Waals surface area contributed by atoms with Gasteiger partial charge in [0.1, 0.15) is 5.75 Å². The zero-order valence-electron chi connectivity index (χ0n) is 5.94. The molecule has 0 aliphatic rings. The van der Waals surface area contributed by atoms with E-state index in [9.17, 15) is 0 Å². The van der Waals surface area contributed by atoms with Crippen LogP contribution in [0.4, 0.5) is 0 Å². The standard InChI is InChI=1S/C7H9BO3/c9-7-3-1-6(2-4-7)5-8(10)11/h1-4,9-11H,5H2. The number of hydrogen-bond acceptors (Lipinski definition) is 3. The summed E-state index contributed by atoms with van der Waals surface area (Å²) < 4.78 is 0. The van der Waals surface area contributed by atoms with Gasteiger partial charge in [0.15, 0.2) is 0 Å². The van der Waals surface area contributed by atoms with Gasteiger partial charge in [-0.1, -0.05) is 12.1 Å². The summed E-state index contributed by atoms with van der Waals surface area (Å²) in [5, 5.41) is 26.0. The summed E-state index contributed by atoms with van der Waals surface area (Å²) in [6.45, 7) is 0. The maximum atomic E-state index is 8.87. The van der Waals surface area contributed by atoms with Gasteiger partial charge in [0.2, 0.25) is 0 Å². The molecule has 1 aromatic carbocycles. The lowest BCUT2D eigenvalue weighted by atomic mass is 9.82. The largest absolute Gasteiger partial charge is 0.508 e. The minimum absolute atomic E-state index is 0.182. The first-order valence-electron chi connectivity index (χ1n) is 3.32. The quantitative estimate of drug-likeness (QED) is 0.520. The van der Waals surface area contributed by atoms with E-state index in [-0.39, 0.29) is 12.1 Å². The zero-order valence-corrected chi connectivity index (χ0v) is 5.94. The molecule has 1 aromatic rings. The van der Waals surface area contributed by atoms with Gasteiger partial charge >= 0.3 is 7.12 Å². The van der Waals surface area contributed by atoms with E-state index in [1.54, 1.807) is 12.1 Å². The van der Waals surface area contributed by atoms with Gasteiger partial charge in [-0.05, 0) is 17.7 Å². The van der Waals surface area contributed by atoms with Crippen molar-refractivity contribution in [2.24, 2.45) is 0 Å². The van der Waals surface area contributed by atoms with Crippen LogP contribution >= 0.6 is 0 Å². The first kappa shape index (κ1) is 8.10. The zero-order chi connectivity index (χ0) is 8.27. The summed E-state index contributed by atoms with van der Waals surface area (Å²) in [5.74, 6) is 0.182. The van der Waals surface area contributed by atoms with Crippen molar-refractivity contribution in [1.82, 2.24) is 0 Å². The Hall–Kier alpha value is -0.995.